The number of rotatable bonds is 8. The third-order valence-electron chi connectivity index (χ3n) is 4.83. The lowest BCUT2D eigenvalue weighted by atomic mass is 10.2. The summed E-state index contributed by atoms with van der Waals surface area (Å²) >= 11 is 0. The van der Waals surface area contributed by atoms with E-state index in [0.29, 0.717) is 5.65 Å². The Morgan fingerprint density at radius 1 is 1.07 bits per heavy atom. The third-order valence-corrected chi connectivity index (χ3v) is 4.83. The van der Waals surface area contributed by atoms with Gasteiger partial charge in [-0.3, -0.25) is 14.0 Å². The van der Waals surface area contributed by atoms with Crippen molar-refractivity contribution in [3.63, 3.8) is 0 Å². The van der Waals surface area contributed by atoms with Gasteiger partial charge in [-0.15, -0.1) is 0 Å². The van der Waals surface area contributed by atoms with E-state index in [1.54, 1.807) is 24.4 Å². The summed E-state index contributed by atoms with van der Waals surface area (Å²) in [5.41, 5.74) is 2.96. The summed E-state index contributed by atoms with van der Waals surface area (Å²) < 4.78 is 3.35. The molecule has 4 aromatic rings. The molecule has 8 nitrogen and oxygen atoms in total. The summed E-state index contributed by atoms with van der Waals surface area (Å²) in [5.74, 6) is -0.406. The normalized spacial score (nSPS) is 11.2. The number of carbonyl (C=O) groups is 1. The van der Waals surface area contributed by atoms with Crippen molar-refractivity contribution in [1.29, 1.82) is 0 Å². The summed E-state index contributed by atoms with van der Waals surface area (Å²) in [5, 5.41) is 6.22. The number of imidazole rings is 1. The van der Waals surface area contributed by atoms with Crippen molar-refractivity contribution in [1.82, 2.24) is 29.4 Å². The summed E-state index contributed by atoms with van der Waals surface area (Å²) in [7, 11) is 0. The largest absolute Gasteiger partial charge is 0.345 e. The Hall–Kier alpha value is -3.52. The van der Waals surface area contributed by atoms with Gasteiger partial charge in [-0.05, 0) is 36.7 Å². The fourth-order valence-corrected chi connectivity index (χ4v) is 3.25. The third kappa shape index (κ3) is 4.38. The van der Waals surface area contributed by atoms with Crippen molar-refractivity contribution in [3.8, 4) is 0 Å². The number of aromatic nitrogens is 4. The average Bonchev–Trinajstić information content (AvgIpc) is 3.17. The van der Waals surface area contributed by atoms with Gasteiger partial charge in [-0.1, -0.05) is 25.5 Å². The first-order valence-corrected chi connectivity index (χ1v) is 10.1. The Balaban J connectivity index is 1.43. The maximum atomic E-state index is 12.5. The lowest BCUT2D eigenvalue weighted by molar-refractivity contribution is 0.0945. The summed E-state index contributed by atoms with van der Waals surface area (Å²) in [6.45, 7) is 4.24. The van der Waals surface area contributed by atoms with Crippen molar-refractivity contribution >= 4 is 17.2 Å². The molecule has 0 bridgehead atoms. The van der Waals surface area contributed by atoms with E-state index in [0.717, 1.165) is 30.9 Å². The highest BCUT2D eigenvalue weighted by Crippen LogP contribution is 2.08. The van der Waals surface area contributed by atoms with Crippen LogP contribution in [0.5, 0.6) is 0 Å². The fourth-order valence-electron chi connectivity index (χ4n) is 3.25. The second kappa shape index (κ2) is 8.87. The first kappa shape index (κ1) is 19.8. The molecule has 30 heavy (non-hydrogen) atoms. The molecular formula is C22H24N6O2. The predicted molar refractivity (Wildman–Crippen MR) is 114 cm³/mol. The lowest BCUT2D eigenvalue weighted by Crippen LogP contribution is -2.27. The van der Waals surface area contributed by atoms with Gasteiger partial charge in [0, 0.05) is 31.2 Å². The highest BCUT2D eigenvalue weighted by atomic mass is 16.2. The van der Waals surface area contributed by atoms with Gasteiger partial charge in [0.05, 0.1) is 12.2 Å². The smallest absolute Gasteiger partial charge is 0.270 e. The monoisotopic (exact) mass is 404 g/mol. The fraction of sp³-hybridized carbons (Fsp3) is 0.273. The summed E-state index contributed by atoms with van der Waals surface area (Å²) in [6, 6.07) is 10.5. The maximum absolute atomic E-state index is 12.5. The molecule has 0 aliphatic heterocycles. The van der Waals surface area contributed by atoms with E-state index in [2.05, 4.69) is 33.6 Å². The molecule has 154 valence electrons. The van der Waals surface area contributed by atoms with Gasteiger partial charge < -0.3 is 15.0 Å². The number of fused-ring (bicyclic) bond motifs is 2. The molecule has 0 atom stereocenters. The average molecular weight is 404 g/mol. The molecule has 0 fully saturated rings. The van der Waals surface area contributed by atoms with Crippen molar-refractivity contribution in [2.75, 3.05) is 6.54 Å². The number of carbonyl (C=O) groups excluding carboxylic acids is 1. The van der Waals surface area contributed by atoms with Crippen molar-refractivity contribution < 1.29 is 4.79 Å². The van der Waals surface area contributed by atoms with Crippen molar-refractivity contribution in [2.24, 2.45) is 0 Å². The molecule has 4 rings (SSSR count). The topological polar surface area (TPSA) is 92.8 Å². The van der Waals surface area contributed by atoms with Gasteiger partial charge in [0.25, 0.3) is 11.5 Å². The first-order chi connectivity index (χ1) is 14.6. The zero-order valence-electron chi connectivity index (χ0n) is 16.8. The van der Waals surface area contributed by atoms with E-state index in [-0.39, 0.29) is 17.8 Å². The molecule has 0 aliphatic rings. The Morgan fingerprint density at radius 2 is 1.97 bits per heavy atom. The standard InChI is InChI=1S/C22H24N6O2/c1-2-3-9-23-12-16-7-8-19-25-17(15-27(19)14-16)13-24-22(30)18-11-21(29)28-10-5-4-6-20(28)26-18/h4-8,10-11,14-15,23H,2-3,9,12-13H2,1H3,(H,24,30). The first-order valence-electron chi connectivity index (χ1n) is 10.1. The minimum absolute atomic E-state index is 0.0930. The van der Waals surface area contributed by atoms with E-state index in [4.69, 9.17) is 0 Å². The lowest BCUT2D eigenvalue weighted by Gasteiger charge is -2.04. The molecule has 0 saturated carbocycles. The van der Waals surface area contributed by atoms with Gasteiger partial charge in [0.15, 0.2) is 0 Å². The van der Waals surface area contributed by atoms with Crippen LogP contribution >= 0.6 is 0 Å². The minimum atomic E-state index is -0.406. The second-order valence-electron chi connectivity index (χ2n) is 7.16. The molecule has 8 heteroatoms. The zero-order valence-corrected chi connectivity index (χ0v) is 16.8. The van der Waals surface area contributed by atoms with Crippen LogP contribution < -0.4 is 16.2 Å². The number of pyridine rings is 2. The van der Waals surface area contributed by atoms with Gasteiger partial charge >= 0.3 is 0 Å². The highest BCUT2D eigenvalue weighted by Gasteiger charge is 2.11. The van der Waals surface area contributed by atoms with E-state index in [1.807, 2.05) is 22.9 Å². The SMILES string of the molecule is CCCCNCc1ccc2nc(CNC(=O)c3cc(=O)n4ccccc4n3)cn2c1. The number of unbranched alkanes of at least 4 members (excludes halogenated alkanes) is 1. The summed E-state index contributed by atoms with van der Waals surface area (Å²) in [6.07, 6.45) is 7.89. The van der Waals surface area contributed by atoms with E-state index >= 15 is 0 Å². The van der Waals surface area contributed by atoms with Crippen LogP contribution in [0.2, 0.25) is 0 Å². The Labute approximate surface area is 173 Å². The highest BCUT2D eigenvalue weighted by molar-refractivity contribution is 5.92. The van der Waals surface area contributed by atoms with Crippen molar-refractivity contribution in [2.45, 2.75) is 32.9 Å². The predicted octanol–water partition coefficient (Wildman–Crippen LogP) is 2.16. The van der Waals surface area contributed by atoms with Crippen LogP contribution in [-0.4, -0.2) is 31.2 Å². The van der Waals surface area contributed by atoms with Gasteiger partial charge in [0.2, 0.25) is 0 Å². The Morgan fingerprint density at radius 3 is 2.83 bits per heavy atom. The second-order valence-corrected chi connectivity index (χ2v) is 7.16. The number of hydrogen-bond donors (Lipinski definition) is 2. The van der Waals surface area contributed by atoms with Crippen LogP contribution in [0, 0.1) is 0 Å². The van der Waals surface area contributed by atoms with Crippen LogP contribution in [0.3, 0.4) is 0 Å². The van der Waals surface area contributed by atoms with Gasteiger partial charge in [0.1, 0.15) is 17.0 Å². The molecule has 0 spiro atoms. The van der Waals surface area contributed by atoms with Crippen LogP contribution in [0.1, 0.15) is 41.5 Å². The van der Waals surface area contributed by atoms with E-state index < -0.39 is 5.91 Å². The maximum Gasteiger partial charge on any atom is 0.270 e. The molecule has 1 amide bonds. The zero-order chi connectivity index (χ0) is 20.9. The van der Waals surface area contributed by atoms with Crippen LogP contribution in [0.25, 0.3) is 11.3 Å². The molecule has 4 aromatic heterocycles. The van der Waals surface area contributed by atoms with E-state index in [9.17, 15) is 9.59 Å². The molecule has 0 radical (unpaired) electrons. The molecule has 0 saturated heterocycles. The van der Waals surface area contributed by atoms with Crippen LogP contribution in [0.15, 0.2) is 59.8 Å². The molecule has 0 unspecified atom stereocenters. The number of nitrogens with zero attached hydrogens (tertiary/aromatic N) is 4. The van der Waals surface area contributed by atoms with Gasteiger partial charge in [-0.25, -0.2) is 9.97 Å². The minimum Gasteiger partial charge on any atom is -0.345 e. The molecular weight excluding hydrogens is 380 g/mol. The quantitative estimate of drug-likeness (QED) is 0.439. The van der Waals surface area contributed by atoms with Crippen LogP contribution in [-0.2, 0) is 13.1 Å². The van der Waals surface area contributed by atoms with Gasteiger partial charge in [-0.2, -0.15) is 0 Å². The molecule has 0 aliphatic carbocycles. The van der Waals surface area contributed by atoms with Crippen LogP contribution in [0.4, 0.5) is 0 Å². The molecule has 0 aromatic carbocycles. The van der Waals surface area contributed by atoms with E-state index in [1.165, 1.54) is 22.5 Å². The molecule has 4 heterocycles. The Bertz CT molecular complexity index is 1240. The molecule has 2 N–H and O–H groups in total. The van der Waals surface area contributed by atoms with Crippen molar-refractivity contribution in [3.05, 3.63) is 82.3 Å². The number of amides is 1. The summed E-state index contributed by atoms with van der Waals surface area (Å²) in [4.78, 5) is 33.5. The number of nitrogens with one attached hydrogen (secondary N) is 2. The Kier molecular flexibility index (Phi) is 5.85. The number of hydrogen-bond acceptors (Lipinski definition) is 5.